The summed E-state index contributed by atoms with van der Waals surface area (Å²) in [6.07, 6.45) is 7.72. The van der Waals surface area contributed by atoms with Crippen molar-refractivity contribution >= 4 is 42.1 Å². The lowest BCUT2D eigenvalue weighted by molar-refractivity contribution is 0.0994. The monoisotopic (exact) mass is 599 g/mol. The quantitative estimate of drug-likeness (QED) is 0.232. The highest BCUT2D eigenvalue weighted by atomic mass is 35.5. The first kappa shape index (κ1) is 32.7. The molecule has 2 aliphatic heterocycles. The fraction of sp³-hybridized carbons (Fsp3) is 0.424. The maximum Gasteiger partial charge on any atom is 0.266 e. The highest BCUT2D eigenvalue weighted by Gasteiger charge is 2.23. The molecular weight excluding hydrogens is 557 g/mol. The lowest BCUT2D eigenvalue weighted by Gasteiger charge is -2.27. The summed E-state index contributed by atoms with van der Waals surface area (Å²) >= 11 is 0. The number of nitrogens with zero attached hydrogens (tertiary/aromatic N) is 3. The minimum atomic E-state index is -0.117. The molecule has 2 saturated heterocycles. The van der Waals surface area contributed by atoms with E-state index in [1.54, 1.807) is 4.90 Å². The average Bonchev–Trinajstić information content (AvgIpc) is 3.00. The first-order valence-corrected chi connectivity index (χ1v) is 14.6. The smallest absolute Gasteiger partial charge is 0.266 e. The van der Waals surface area contributed by atoms with Gasteiger partial charge in [0.1, 0.15) is 24.7 Å². The molecule has 0 atom stereocenters. The molecular formula is C33H43Cl2N3O3. The van der Waals surface area contributed by atoms with Gasteiger partial charge in [-0.1, -0.05) is 43.2 Å². The number of benzene rings is 3. The number of ether oxygens (including phenoxy) is 2. The number of amides is 1. The van der Waals surface area contributed by atoms with Crippen LogP contribution in [-0.2, 0) is 0 Å². The van der Waals surface area contributed by atoms with Crippen molar-refractivity contribution in [3.63, 3.8) is 0 Å². The molecule has 0 unspecified atom stereocenters. The molecule has 2 fully saturated rings. The Morgan fingerprint density at radius 3 is 1.73 bits per heavy atom. The van der Waals surface area contributed by atoms with Gasteiger partial charge in [0.2, 0.25) is 0 Å². The van der Waals surface area contributed by atoms with Crippen LogP contribution < -0.4 is 14.4 Å². The molecule has 6 nitrogen and oxygen atoms in total. The third kappa shape index (κ3) is 9.37. The van der Waals surface area contributed by atoms with E-state index in [0.29, 0.717) is 24.5 Å². The Kier molecular flexibility index (Phi) is 13.8. The van der Waals surface area contributed by atoms with E-state index in [4.69, 9.17) is 9.47 Å². The molecule has 0 spiro atoms. The van der Waals surface area contributed by atoms with Crippen molar-refractivity contribution in [2.24, 2.45) is 0 Å². The first-order chi connectivity index (χ1) is 19.3. The van der Waals surface area contributed by atoms with E-state index in [2.05, 4.69) is 9.80 Å². The molecule has 0 radical (unpaired) electrons. The van der Waals surface area contributed by atoms with Gasteiger partial charge in [-0.25, -0.2) is 0 Å². The molecule has 0 aliphatic carbocycles. The summed E-state index contributed by atoms with van der Waals surface area (Å²) in [7, 11) is 0. The fourth-order valence-electron chi connectivity index (χ4n) is 5.49. The molecule has 0 bridgehead atoms. The number of anilines is 2. The minimum absolute atomic E-state index is 0. The van der Waals surface area contributed by atoms with Gasteiger partial charge in [-0.05, 0) is 100 Å². The van der Waals surface area contributed by atoms with Crippen LogP contribution in [0.4, 0.5) is 11.4 Å². The molecule has 0 aromatic heterocycles. The standard InChI is InChI=1S/C33H41N3O3.2ClH/c37-33(31-14-6-7-15-32(31)39-27-25-35-22-10-3-11-23-35)36(28-12-4-1-5-13-28)29-16-18-30(19-17-29)38-26-24-34-20-8-2-9-21-34;;/h1,4-7,12-19H,2-3,8-11,20-27H2;2*1H. The van der Waals surface area contributed by atoms with Crippen LogP contribution in [-0.4, -0.2) is 68.2 Å². The summed E-state index contributed by atoms with van der Waals surface area (Å²) < 4.78 is 12.2. The van der Waals surface area contributed by atoms with E-state index in [9.17, 15) is 4.79 Å². The highest BCUT2D eigenvalue weighted by Crippen LogP contribution is 2.31. The Balaban J connectivity index is 0.00000231. The molecule has 3 aromatic rings. The van der Waals surface area contributed by atoms with Gasteiger partial charge in [0, 0.05) is 24.5 Å². The lowest BCUT2D eigenvalue weighted by Crippen LogP contribution is -2.33. The Bertz CT molecular complexity index is 1170. The highest BCUT2D eigenvalue weighted by molar-refractivity contribution is 6.12. The number of hydrogen-bond donors (Lipinski definition) is 0. The second kappa shape index (κ2) is 17.2. The summed E-state index contributed by atoms with van der Waals surface area (Å²) in [5, 5.41) is 0. The van der Waals surface area contributed by atoms with Crippen molar-refractivity contribution in [1.29, 1.82) is 0 Å². The van der Waals surface area contributed by atoms with Gasteiger partial charge in [0.05, 0.1) is 5.56 Å². The Morgan fingerprint density at radius 1 is 0.610 bits per heavy atom. The van der Waals surface area contributed by atoms with Crippen LogP contribution >= 0.6 is 24.8 Å². The molecule has 8 heteroatoms. The van der Waals surface area contributed by atoms with Crippen LogP contribution in [0, 0.1) is 0 Å². The van der Waals surface area contributed by atoms with Crippen molar-refractivity contribution in [1.82, 2.24) is 9.80 Å². The molecule has 1 amide bonds. The number of carbonyl (C=O) groups is 1. The first-order valence-electron chi connectivity index (χ1n) is 14.6. The largest absolute Gasteiger partial charge is 0.492 e. The van der Waals surface area contributed by atoms with Crippen LogP contribution in [0.25, 0.3) is 0 Å². The van der Waals surface area contributed by atoms with E-state index in [1.807, 2.05) is 78.9 Å². The maximum absolute atomic E-state index is 14.1. The van der Waals surface area contributed by atoms with Gasteiger partial charge in [0.15, 0.2) is 0 Å². The molecule has 222 valence electrons. The Morgan fingerprint density at radius 2 is 1.12 bits per heavy atom. The Labute approximate surface area is 257 Å². The van der Waals surface area contributed by atoms with Gasteiger partial charge in [-0.2, -0.15) is 0 Å². The molecule has 5 rings (SSSR count). The second-order valence-corrected chi connectivity index (χ2v) is 10.5. The van der Waals surface area contributed by atoms with E-state index in [1.165, 1.54) is 51.6 Å². The van der Waals surface area contributed by atoms with Crippen LogP contribution in [0.2, 0.25) is 0 Å². The minimum Gasteiger partial charge on any atom is -0.492 e. The van der Waals surface area contributed by atoms with Crippen LogP contribution in [0.3, 0.4) is 0 Å². The topological polar surface area (TPSA) is 45.3 Å². The Hall–Kier alpha value is -2.77. The van der Waals surface area contributed by atoms with Crippen LogP contribution in [0.5, 0.6) is 11.5 Å². The van der Waals surface area contributed by atoms with E-state index in [-0.39, 0.29) is 30.7 Å². The molecule has 2 aliphatic rings. The molecule has 3 aromatic carbocycles. The molecule has 0 N–H and O–H groups in total. The van der Waals surface area contributed by atoms with E-state index < -0.39 is 0 Å². The summed E-state index contributed by atoms with van der Waals surface area (Å²) in [5.74, 6) is 1.32. The van der Waals surface area contributed by atoms with Crippen molar-refractivity contribution in [3.8, 4) is 11.5 Å². The average molecular weight is 601 g/mol. The van der Waals surface area contributed by atoms with E-state index >= 15 is 0 Å². The number of para-hydroxylation sites is 2. The number of likely N-dealkylation sites (tertiary alicyclic amines) is 2. The zero-order chi connectivity index (χ0) is 26.7. The SMILES string of the molecule is Cl.Cl.O=C(c1ccccc1OCCN1CCCCC1)N(c1ccccc1)c1ccc(OCCN2CCCCC2)cc1. The predicted molar refractivity (Wildman–Crippen MR) is 172 cm³/mol. The predicted octanol–water partition coefficient (Wildman–Crippen LogP) is 7.24. The lowest BCUT2D eigenvalue weighted by atomic mass is 10.1. The number of halogens is 2. The third-order valence-corrected chi connectivity index (χ3v) is 7.67. The molecule has 0 saturated carbocycles. The fourth-order valence-corrected chi connectivity index (χ4v) is 5.49. The number of hydrogen-bond acceptors (Lipinski definition) is 5. The van der Waals surface area contributed by atoms with Crippen molar-refractivity contribution in [2.75, 3.05) is 57.4 Å². The second-order valence-electron chi connectivity index (χ2n) is 10.5. The summed E-state index contributed by atoms with van der Waals surface area (Å²) in [6, 6.07) is 25.2. The van der Waals surface area contributed by atoms with Gasteiger partial charge in [-0.3, -0.25) is 19.5 Å². The number of carbonyl (C=O) groups excluding carboxylic acids is 1. The van der Waals surface area contributed by atoms with Gasteiger partial charge < -0.3 is 9.47 Å². The van der Waals surface area contributed by atoms with E-state index in [0.717, 1.165) is 43.3 Å². The summed E-state index contributed by atoms with van der Waals surface area (Å²) in [6.45, 7) is 7.66. The number of rotatable bonds is 11. The summed E-state index contributed by atoms with van der Waals surface area (Å²) in [4.78, 5) is 20.7. The molecule has 2 heterocycles. The zero-order valence-corrected chi connectivity index (χ0v) is 25.4. The van der Waals surface area contributed by atoms with Crippen molar-refractivity contribution in [3.05, 3.63) is 84.4 Å². The third-order valence-electron chi connectivity index (χ3n) is 7.67. The molecule has 41 heavy (non-hydrogen) atoms. The normalized spacial score (nSPS) is 15.7. The summed E-state index contributed by atoms with van der Waals surface area (Å²) in [5.41, 5.74) is 2.16. The van der Waals surface area contributed by atoms with Crippen molar-refractivity contribution < 1.29 is 14.3 Å². The van der Waals surface area contributed by atoms with Gasteiger partial charge >= 0.3 is 0 Å². The number of piperidine rings is 2. The van der Waals surface area contributed by atoms with Crippen LogP contribution in [0.15, 0.2) is 78.9 Å². The zero-order valence-electron chi connectivity index (χ0n) is 23.8. The maximum atomic E-state index is 14.1. The van der Waals surface area contributed by atoms with Crippen molar-refractivity contribution in [2.45, 2.75) is 38.5 Å². The van der Waals surface area contributed by atoms with Crippen LogP contribution in [0.1, 0.15) is 48.9 Å². The van der Waals surface area contributed by atoms with Gasteiger partial charge in [-0.15, -0.1) is 24.8 Å². The van der Waals surface area contributed by atoms with Gasteiger partial charge in [0.25, 0.3) is 5.91 Å².